The van der Waals surface area contributed by atoms with Gasteiger partial charge in [0.05, 0.1) is 25.4 Å². The molecule has 0 radical (unpaired) electrons. The first-order valence-corrected chi connectivity index (χ1v) is 7.86. The second-order valence-corrected chi connectivity index (χ2v) is 6.19. The second-order valence-electron chi connectivity index (χ2n) is 6.19. The molecule has 2 aliphatic rings. The lowest BCUT2D eigenvalue weighted by Crippen LogP contribution is -2.65. The minimum atomic E-state index is -1.43. The Kier molecular flexibility index (Phi) is 6.90. The maximum absolute atomic E-state index is 10.3. The molecule has 2 aliphatic heterocycles. The van der Waals surface area contributed by atoms with Gasteiger partial charge in [-0.1, -0.05) is 6.92 Å². The van der Waals surface area contributed by atoms with E-state index in [1.54, 1.807) is 6.92 Å². The minimum Gasteiger partial charge on any atom is -0.394 e. The third-order valence-corrected chi connectivity index (χ3v) is 4.64. The largest absolute Gasteiger partial charge is 0.394 e. The molecule has 2 saturated heterocycles. The van der Waals surface area contributed by atoms with Crippen molar-refractivity contribution in [3.05, 3.63) is 0 Å². The van der Waals surface area contributed by atoms with Crippen LogP contribution in [0.3, 0.4) is 0 Å². The summed E-state index contributed by atoms with van der Waals surface area (Å²) in [6.07, 6.45) is -8.36. The molecule has 0 aliphatic carbocycles. The highest BCUT2D eigenvalue weighted by Gasteiger charge is 2.49. The summed E-state index contributed by atoms with van der Waals surface area (Å²) in [7, 11) is 1.40. The van der Waals surface area contributed by atoms with E-state index in [1.807, 2.05) is 0 Å². The van der Waals surface area contributed by atoms with Gasteiger partial charge in [0.1, 0.15) is 30.5 Å². The van der Waals surface area contributed by atoms with Gasteiger partial charge in [0.15, 0.2) is 12.6 Å². The van der Waals surface area contributed by atoms with E-state index in [4.69, 9.17) is 24.7 Å². The standard InChI is InChI=1S/C14H27NO9/c1-5-9(18)11(21-2)6(3-16)23-14(5)24-12-7(4-17)22-13(20)8(15)10(12)19/h5-14,16-20H,3-4,15H2,1-2H3. The lowest BCUT2D eigenvalue weighted by atomic mass is 9.91. The molecule has 7 N–H and O–H groups in total. The van der Waals surface area contributed by atoms with E-state index in [2.05, 4.69) is 0 Å². The zero-order chi connectivity index (χ0) is 18.0. The Morgan fingerprint density at radius 1 is 0.958 bits per heavy atom. The Labute approximate surface area is 139 Å². The van der Waals surface area contributed by atoms with Gasteiger partial charge in [-0.05, 0) is 0 Å². The molecule has 10 nitrogen and oxygen atoms in total. The third-order valence-electron chi connectivity index (χ3n) is 4.64. The van der Waals surface area contributed by atoms with Gasteiger partial charge in [-0.2, -0.15) is 0 Å². The number of aliphatic hydroxyl groups excluding tert-OH is 5. The summed E-state index contributed by atoms with van der Waals surface area (Å²) < 4.78 is 21.6. The molecule has 0 aromatic heterocycles. The molecule has 142 valence electrons. The van der Waals surface area contributed by atoms with E-state index in [1.165, 1.54) is 7.11 Å². The quantitative estimate of drug-likeness (QED) is 0.292. The van der Waals surface area contributed by atoms with E-state index in [0.29, 0.717) is 0 Å². The molecule has 2 rings (SSSR count). The summed E-state index contributed by atoms with van der Waals surface area (Å²) in [6.45, 7) is 0.751. The van der Waals surface area contributed by atoms with Crippen LogP contribution >= 0.6 is 0 Å². The minimum absolute atomic E-state index is 0.395. The molecule has 0 amide bonds. The normalized spacial score (nSPS) is 50.0. The van der Waals surface area contributed by atoms with Gasteiger partial charge < -0.3 is 50.2 Å². The second kappa shape index (κ2) is 8.32. The summed E-state index contributed by atoms with van der Waals surface area (Å²) in [5.41, 5.74) is 5.66. The van der Waals surface area contributed by atoms with Gasteiger partial charge in [0.25, 0.3) is 0 Å². The fourth-order valence-corrected chi connectivity index (χ4v) is 3.07. The fraction of sp³-hybridized carbons (Fsp3) is 1.00. The van der Waals surface area contributed by atoms with Crippen molar-refractivity contribution >= 4 is 0 Å². The van der Waals surface area contributed by atoms with Crippen LogP contribution in [0.1, 0.15) is 6.92 Å². The lowest BCUT2D eigenvalue weighted by molar-refractivity contribution is -0.335. The van der Waals surface area contributed by atoms with E-state index in [-0.39, 0.29) is 0 Å². The SMILES string of the molecule is COC1C(CO)OC(OC2C(CO)OC(O)C(N)C2O)C(C)C1O. The van der Waals surface area contributed by atoms with Crippen LogP contribution in [0.2, 0.25) is 0 Å². The zero-order valence-corrected chi connectivity index (χ0v) is 13.6. The van der Waals surface area contributed by atoms with Crippen LogP contribution in [0, 0.1) is 5.92 Å². The van der Waals surface area contributed by atoms with Gasteiger partial charge >= 0.3 is 0 Å². The highest BCUT2D eigenvalue weighted by molar-refractivity contribution is 4.94. The van der Waals surface area contributed by atoms with Crippen LogP contribution in [0.15, 0.2) is 0 Å². The molecule has 10 heteroatoms. The molecule has 0 aromatic rings. The van der Waals surface area contributed by atoms with Crippen molar-refractivity contribution in [1.82, 2.24) is 0 Å². The Morgan fingerprint density at radius 3 is 2.08 bits per heavy atom. The first-order chi connectivity index (χ1) is 11.3. The average molecular weight is 353 g/mol. The monoisotopic (exact) mass is 353 g/mol. The van der Waals surface area contributed by atoms with E-state index < -0.39 is 74.4 Å². The number of hydrogen-bond donors (Lipinski definition) is 6. The summed E-state index contributed by atoms with van der Waals surface area (Å²) in [4.78, 5) is 0. The number of hydrogen-bond acceptors (Lipinski definition) is 10. The molecule has 0 aromatic carbocycles. The van der Waals surface area contributed by atoms with Crippen molar-refractivity contribution in [3.63, 3.8) is 0 Å². The number of methoxy groups -OCH3 is 1. The van der Waals surface area contributed by atoms with Gasteiger partial charge in [-0.3, -0.25) is 0 Å². The Bertz CT molecular complexity index is 396. The molecule has 2 fully saturated rings. The van der Waals surface area contributed by atoms with E-state index in [0.717, 1.165) is 0 Å². The molecule has 0 saturated carbocycles. The third kappa shape index (κ3) is 3.73. The fourth-order valence-electron chi connectivity index (χ4n) is 3.07. The highest BCUT2D eigenvalue weighted by Crippen LogP contribution is 2.31. The molecule has 10 atom stereocenters. The predicted octanol–water partition coefficient (Wildman–Crippen LogP) is -3.50. The van der Waals surface area contributed by atoms with Gasteiger partial charge in [-0.25, -0.2) is 0 Å². The van der Waals surface area contributed by atoms with Gasteiger partial charge in [0.2, 0.25) is 0 Å². The first kappa shape index (κ1) is 19.9. The van der Waals surface area contributed by atoms with Crippen molar-refractivity contribution < 1.29 is 44.5 Å². The van der Waals surface area contributed by atoms with Crippen LogP contribution in [0.4, 0.5) is 0 Å². The maximum Gasteiger partial charge on any atom is 0.173 e. The number of rotatable bonds is 5. The Hall–Kier alpha value is -0.400. The molecular formula is C14H27NO9. The van der Waals surface area contributed by atoms with Crippen molar-refractivity contribution in [2.75, 3.05) is 20.3 Å². The number of nitrogens with two attached hydrogens (primary N) is 1. The van der Waals surface area contributed by atoms with Crippen LogP contribution in [0.5, 0.6) is 0 Å². The first-order valence-electron chi connectivity index (χ1n) is 7.86. The van der Waals surface area contributed by atoms with Gasteiger partial charge in [0, 0.05) is 13.0 Å². The van der Waals surface area contributed by atoms with Crippen LogP contribution in [-0.2, 0) is 18.9 Å². The lowest BCUT2D eigenvalue weighted by Gasteiger charge is -2.46. The topological polar surface area (TPSA) is 164 Å². The van der Waals surface area contributed by atoms with Crippen molar-refractivity contribution in [3.8, 4) is 0 Å². The predicted molar refractivity (Wildman–Crippen MR) is 78.5 cm³/mol. The highest BCUT2D eigenvalue weighted by atomic mass is 16.7. The smallest absolute Gasteiger partial charge is 0.173 e. The molecule has 0 spiro atoms. The van der Waals surface area contributed by atoms with Crippen LogP contribution < -0.4 is 5.73 Å². The van der Waals surface area contributed by atoms with Crippen molar-refractivity contribution in [2.45, 2.75) is 62.2 Å². The maximum atomic E-state index is 10.3. The molecule has 2 heterocycles. The molecular weight excluding hydrogens is 326 g/mol. The zero-order valence-electron chi connectivity index (χ0n) is 13.6. The average Bonchev–Trinajstić information content (AvgIpc) is 2.58. The molecule has 24 heavy (non-hydrogen) atoms. The van der Waals surface area contributed by atoms with Crippen LogP contribution in [0.25, 0.3) is 0 Å². The number of aliphatic hydroxyl groups is 5. The number of ether oxygens (including phenoxy) is 4. The summed E-state index contributed by atoms with van der Waals surface area (Å²) in [6, 6.07) is -1.12. The van der Waals surface area contributed by atoms with Crippen molar-refractivity contribution in [2.24, 2.45) is 11.7 Å². The Morgan fingerprint density at radius 2 is 1.54 bits per heavy atom. The van der Waals surface area contributed by atoms with Crippen LogP contribution in [-0.4, -0.2) is 101 Å². The Balaban J connectivity index is 2.12. The van der Waals surface area contributed by atoms with Gasteiger partial charge in [-0.15, -0.1) is 0 Å². The van der Waals surface area contributed by atoms with E-state index in [9.17, 15) is 25.5 Å². The summed E-state index contributed by atoms with van der Waals surface area (Å²) >= 11 is 0. The molecule has 0 bridgehead atoms. The molecule has 10 unspecified atom stereocenters. The van der Waals surface area contributed by atoms with E-state index >= 15 is 0 Å². The summed E-state index contributed by atoms with van der Waals surface area (Å²) in [5, 5.41) is 49.0. The van der Waals surface area contributed by atoms with Crippen molar-refractivity contribution in [1.29, 1.82) is 0 Å². The summed E-state index contributed by atoms with van der Waals surface area (Å²) in [5.74, 6) is -0.549.